The van der Waals surface area contributed by atoms with Crippen molar-refractivity contribution in [3.05, 3.63) is 141 Å². The van der Waals surface area contributed by atoms with Gasteiger partial charge in [0.25, 0.3) is 20.0 Å². The molecule has 0 fully saturated rings. The predicted molar refractivity (Wildman–Crippen MR) is 238 cm³/mol. The van der Waals surface area contributed by atoms with Crippen LogP contribution in [-0.2, 0) is 38.9 Å². The van der Waals surface area contributed by atoms with Crippen LogP contribution in [0.3, 0.4) is 0 Å². The zero-order valence-electron chi connectivity index (χ0n) is 35.8. The Morgan fingerprint density at radius 1 is 0.638 bits per heavy atom. The molecular weight excluding hydrogens is 999 g/mol. The zero-order chi connectivity index (χ0) is 50.3. The maximum atomic E-state index is 13.8. The molecule has 0 amide bonds. The summed E-state index contributed by atoms with van der Waals surface area (Å²) in [4.78, 5) is -0.504. The Kier molecular flexibility index (Phi) is 15.3. The number of hydrogen-bond donors (Lipinski definition) is 1. The first-order chi connectivity index (χ1) is 32.5. The second kappa shape index (κ2) is 20.8. The van der Waals surface area contributed by atoms with E-state index in [1.54, 1.807) is 24.3 Å². The van der Waals surface area contributed by atoms with Crippen molar-refractivity contribution >= 4 is 53.0 Å². The van der Waals surface area contributed by atoms with Crippen molar-refractivity contribution in [1.29, 1.82) is 10.5 Å². The van der Waals surface area contributed by atoms with Gasteiger partial charge in [0.2, 0.25) is 10.3 Å². The van der Waals surface area contributed by atoms with Crippen LogP contribution >= 0.6 is 22.7 Å². The Hall–Kier alpha value is -7.52. The molecule has 0 saturated heterocycles. The van der Waals surface area contributed by atoms with E-state index in [-0.39, 0.29) is 60.7 Å². The smallest absolute Gasteiger partial charge is 0.416 e. The topological polar surface area (TPSA) is 220 Å². The van der Waals surface area contributed by atoms with E-state index in [1.807, 2.05) is 6.07 Å². The number of aryl methyl sites for hydroxylation is 2. The zero-order valence-corrected chi connectivity index (χ0v) is 39.1. The lowest BCUT2D eigenvalue weighted by atomic mass is 10.1. The van der Waals surface area contributed by atoms with Gasteiger partial charge in [0.05, 0.1) is 52.8 Å². The lowest BCUT2D eigenvalue weighted by molar-refractivity contribution is -0.138. The second-order valence-electron chi connectivity index (χ2n) is 14.1. The molecule has 2 aromatic heterocycles. The van der Waals surface area contributed by atoms with E-state index < -0.39 is 43.5 Å². The maximum Gasteiger partial charge on any atom is 0.416 e. The first kappa shape index (κ1) is 50.9. The largest absolute Gasteiger partial charge is 0.497 e. The minimum absolute atomic E-state index is 0.0447. The molecule has 7 aromatic rings. The molecule has 2 heterocycles. The van der Waals surface area contributed by atoms with E-state index in [9.17, 15) is 53.7 Å². The van der Waals surface area contributed by atoms with Crippen molar-refractivity contribution in [1.82, 2.24) is 20.4 Å². The van der Waals surface area contributed by atoms with E-state index in [1.165, 1.54) is 75.5 Å². The number of nitrogens with zero attached hydrogens (tertiary/aromatic N) is 7. The molecule has 1 N–H and O–H groups in total. The van der Waals surface area contributed by atoms with Gasteiger partial charge < -0.3 is 18.9 Å². The summed E-state index contributed by atoms with van der Waals surface area (Å²) < 4.78 is 156. The minimum Gasteiger partial charge on any atom is -0.497 e. The summed E-state index contributed by atoms with van der Waals surface area (Å²) in [6.07, 6.45) is -9.16. The van der Waals surface area contributed by atoms with Crippen LogP contribution in [0.4, 0.5) is 36.6 Å². The number of methoxy groups -OCH3 is 2. The molecule has 16 nitrogen and oxygen atoms in total. The van der Waals surface area contributed by atoms with Gasteiger partial charge in [0.15, 0.2) is 0 Å². The normalized spacial score (nSPS) is 11.6. The number of aromatic nitrogens is 4. The number of nitriles is 2. The van der Waals surface area contributed by atoms with E-state index in [0.29, 0.717) is 28.2 Å². The van der Waals surface area contributed by atoms with Crippen molar-refractivity contribution in [2.24, 2.45) is 0 Å². The highest BCUT2D eigenvalue weighted by molar-refractivity contribution is 7.93. The molecule has 0 spiro atoms. The van der Waals surface area contributed by atoms with Gasteiger partial charge in [-0.15, -0.1) is 20.4 Å². The molecule has 0 unspecified atom stereocenters. The summed E-state index contributed by atoms with van der Waals surface area (Å²) in [7, 11) is -5.43. The maximum absolute atomic E-state index is 13.8. The molecule has 7 rings (SSSR count). The summed E-state index contributed by atoms with van der Waals surface area (Å²) in [5, 5.41) is 33.9. The van der Waals surface area contributed by atoms with Gasteiger partial charge in [-0.1, -0.05) is 22.7 Å². The number of halogens is 6. The average Bonchev–Trinajstić information content (AvgIpc) is 4.03. The molecule has 0 aliphatic rings. The Balaban J connectivity index is 0.000000239. The Bertz CT molecular complexity index is 3290. The van der Waals surface area contributed by atoms with Gasteiger partial charge in [0, 0.05) is 11.6 Å². The fourth-order valence-corrected chi connectivity index (χ4v) is 10.0. The third kappa shape index (κ3) is 12.5. The van der Waals surface area contributed by atoms with Gasteiger partial charge in [-0.25, -0.2) is 21.1 Å². The van der Waals surface area contributed by atoms with Gasteiger partial charge in [-0.3, -0.25) is 4.72 Å². The van der Waals surface area contributed by atoms with E-state index in [2.05, 4.69) is 25.1 Å². The molecule has 0 atom stereocenters. The predicted octanol–water partition coefficient (Wildman–Crippen LogP) is 10.3. The third-order valence-corrected chi connectivity index (χ3v) is 13.8. The molecule has 69 heavy (non-hydrogen) atoms. The first-order valence-electron chi connectivity index (χ1n) is 19.1. The fraction of sp³-hybridized carbons (Fsp3) is 0.163. The van der Waals surface area contributed by atoms with Crippen LogP contribution in [0, 0.1) is 36.5 Å². The minimum atomic E-state index is -4.60. The van der Waals surface area contributed by atoms with Gasteiger partial charge in [-0.2, -0.15) is 36.9 Å². The van der Waals surface area contributed by atoms with Crippen molar-refractivity contribution < 1.29 is 62.1 Å². The SMILES string of the molecule is COc1ccc(CN(c2nncs2)S(=O)(=O)c2ccc(Oc3cc(C)cc(C(F)(F)F)c3)c(C#N)c2)c(OC)c1.Cc1cc(Oc2ccc(S(=O)(=O)Nc3nncs3)cc2C#N)cc(C(F)(F)F)c1. The Morgan fingerprint density at radius 3 is 1.65 bits per heavy atom. The molecule has 0 saturated carbocycles. The summed E-state index contributed by atoms with van der Waals surface area (Å²) in [5.41, 5.74) is 1.65. The van der Waals surface area contributed by atoms with Gasteiger partial charge >= 0.3 is 12.4 Å². The number of nitrogens with one attached hydrogen (secondary N) is 1. The van der Waals surface area contributed by atoms with Crippen LogP contribution in [0.1, 0.15) is 38.9 Å². The number of benzene rings is 5. The van der Waals surface area contributed by atoms with Crippen molar-refractivity contribution in [2.75, 3.05) is 23.2 Å². The lowest BCUT2D eigenvalue weighted by Crippen LogP contribution is -2.30. The number of alkyl halides is 6. The highest BCUT2D eigenvalue weighted by Gasteiger charge is 2.33. The quantitative estimate of drug-likeness (QED) is 0.100. The summed E-state index contributed by atoms with van der Waals surface area (Å²) in [6, 6.07) is 21.7. The van der Waals surface area contributed by atoms with Crippen LogP contribution in [0.25, 0.3) is 0 Å². The van der Waals surface area contributed by atoms with Crippen LogP contribution in [-0.4, -0.2) is 51.4 Å². The number of anilines is 2. The van der Waals surface area contributed by atoms with Crippen LogP contribution < -0.4 is 28.0 Å². The highest BCUT2D eigenvalue weighted by atomic mass is 32.2. The molecular formula is C43H32F6N8O8S4. The molecule has 0 radical (unpaired) electrons. The molecule has 0 bridgehead atoms. The number of sulfonamides is 2. The van der Waals surface area contributed by atoms with Crippen LogP contribution in [0.15, 0.2) is 112 Å². The Labute approximate surface area is 397 Å². The molecule has 358 valence electrons. The van der Waals surface area contributed by atoms with Crippen LogP contribution in [0.5, 0.6) is 34.5 Å². The average molecular weight is 1030 g/mol. The monoisotopic (exact) mass is 1030 g/mol. The standard InChI is InChI=1S/C26H21F3N4O5S2.C17H11F3N4O3S2/c1-16-8-19(26(27,28)29)11-21(9-16)38-23-7-6-22(10-18(23)13-30)40(34,35)33(25-32-31-15-39-25)14-17-4-5-20(36-2)12-24(17)37-3;1-10-4-12(17(18,19)20)7-13(5-10)27-15-3-2-14(6-11(15)8-21)29(25,26)24-16-23-22-9-28-16/h4-12,15H,14H2,1-3H3;2-7,9H,1H3,(H,23,24). The fourth-order valence-electron chi connectivity index (χ4n) is 6.08. The third-order valence-electron chi connectivity index (χ3n) is 9.21. The molecule has 0 aliphatic heterocycles. The van der Waals surface area contributed by atoms with Crippen molar-refractivity contribution in [2.45, 2.75) is 42.5 Å². The second-order valence-corrected chi connectivity index (χ2v) is 19.3. The lowest BCUT2D eigenvalue weighted by Gasteiger charge is -2.23. The highest BCUT2D eigenvalue weighted by Crippen LogP contribution is 2.38. The van der Waals surface area contributed by atoms with Crippen LogP contribution in [0.2, 0.25) is 0 Å². The molecule has 0 aliphatic carbocycles. The first-order valence-corrected chi connectivity index (χ1v) is 23.8. The number of ether oxygens (including phenoxy) is 4. The summed E-state index contributed by atoms with van der Waals surface area (Å²) in [6.45, 7) is 2.76. The Morgan fingerprint density at radius 2 is 1.17 bits per heavy atom. The van der Waals surface area contributed by atoms with E-state index in [4.69, 9.17) is 18.9 Å². The number of rotatable bonds is 14. The summed E-state index contributed by atoms with van der Waals surface area (Å²) in [5.74, 6) is 0.413. The van der Waals surface area contributed by atoms with Gasteiger partial charge in [-0.05, 0) is 110 Å². The molecule has 5 aromatic carbocycles. The van der Waals surface area contributed by atoms with E-state index in [0.717, 1.165) is 63.4 Å². The van der Waals surface area contributed by atoms with Gasteiger partial charge in [0.1, 0.15) is 57.7 Å². The van der Waals surface area contributed by atoms with Crippen molar-refractivity contribution in [3.8, 4) is 46.6 Å². The number of hydrogen-bond acceptors (Lipinski definition) is 16. The van der Waals surface area contributed by atoms with E-state index >= 15 is 0 Å². The molecule has 26 heteroatoms. The van der Waals surface area contributed by atoms with Crippen molar-refractivity contribution in [3.63, 3.8) is 0 Å². The summed E-state index contributed by atoms with van der Waals surface area (Å²) >= 11 is 1.96.